The number of aliphatic hydroxyl groups is 1. The van der Waals surface area contributed by atoms with E-state index in [1.807, 2.05) is 32.1 Å². The molecule has 0 radical (unpaired) electrons. The van der Waals surface area contributed by atoms with Gasteiger partial charge in [-0.3, -0.25) is 49.1 Å². The van der Waals surface area contributed by atoms with Crippen LogP contribution in [0.1, 0.15) is 99.3 Å². The summed E-state index contributed by atoms with van der Waals surface area (Å²) in [5.41, 5.74) is 0.501. The molecular weight excluding hydrogens is 1220 g/mol. The Balaban J connectivity index is 0.927. The van der Waals surface area contributed by atoms with Crippen molar-refractivity contribution in [1.29, 1.82) is 0 Å². The van der Waals surface area contributed by atoms with Gasteiger partial charge in [0.25, 0.3) is 23.0 Å². The number of nitrogens with one attached hydrogen (secondary N) is 3. The fraction of sp³-hybridized carbons (Fsp3) is 0.538. The van der Waals surface area contributed by atoms with Crippen LogP contribution in [0.5, 0.6) is 5.75 Å². The minimum atomic E-state index is -1.88. The number of fused-ring (bicyclic) bond motifs is 5. The van der Waals surface area contributed by atoms with Gasteiger partial charge in [-0.1, -0.05) is 81.5 Å². The van der Waals surface area contributed by atoms with Crippen molar-refractivity contribution in [1.82, 2.24) is 25.3 Å². The molecule has 27 heteroatoms. The van der Waals surface area contributed by atoms with Crippen LogP contribution < -0.4 is 20.7 Å². The van der Waals surface area contributed by atoms with E-state index in [4.69, 9.17) is 42.6 Å². The molecule has 500 valence electrons. The van der Waals surface area contributed by atoms with E-state index >= 15 is 0 Å². The number of rotatable bonds is 20. The summed E-state index contributed by atoms with van der Waals surface area (Å²) in [5.74, 6) is -5.56. The molecule has 0 saturated carbocycles. The number of ketones is 2. The van der Waals surface area contributed by atoms with Crippen LogP contribution in [0.2, 0.25) is 0 Å². The average molecular weight is 1300 g/mol. The van der Waals surface area contributed by atoms with Gasteiger partial charge in [-0.15, -0.1) is 0 Å². The van der Waals surface area contributed by atoms with Crippen molar-refractivity contribution in [2.45, 2.75) is 129 Å². The fourth-order valence-electron chi connectivity index (χ4n) is 11.1. The van der Waals surface area contributed by atoms with Gasteiger partial charge < -0.3 is 62.9 Å². The van der Waals surface area contributed by atoms with E-state index in [1.54, 1.807) is 66.0 Å². The van der Waals surface area contributed by atoms with Crippen molar-refractivity contribution in [3.8, 4) is 5.75 Å². The highest BCUT2D eigenvalue weighted by Gasteiger charge is 2.64. The van der Waals surface area contributed by atoms with Gasteiger partial charge in [0.2, 0.25) is 0 Å². The van der Waals surface area contributed by atoms with Crippen LogP contribution in [0.15, 0.2) is 78.4 Å². The topological polar surface area (TPSA) is 323 Å². The van der Waals surface area contributed by atoms with Gasteiger partial charge in [-0.05, 0) is 73.7 Å². The number of likely N-dealkylation sites (N-methyl/N-ethyl adjacent to an activating group) is 2. The summed E-state index contributed by atoms with van der Waals surface area (Å²) in [7, 11) is 5.97. The number of anilines is 1. The highest BCUT2D eigenvalue weighted by molar-refractivity contribution is 8.13. The molecule has 0 aromatic heterocycles. The molecule has 2 fully saturated rings. The molecule has 5 aliphatic rings. The molecule has 2 saturated heterocycles. The molecule has 7 rings (SSSR count). The number of esters is 1. The van der Waals surface area contributed by atoms with E-state index in [2.05, 4.69) is 16.0 Å². The molecular formula is C65H84N6O20S. The van der Waals surface area contributed by atoms with Crippen molar-refractivity contribution in [2.75, 3.05) is 85.6 Å². The Labute approximate surface area is 539 Å². The molecule has 1 aliphatic carbocycles. The molecule has 5 unspecified atom stereocenters. The Morgan fingerprint density at radius 3 is 2.38 bits per heavy atom. The second-order valence-corrected chi connectivity index (χ2v) is 24.8. The number of alkyl carbamates (subject to hydrolysis) is 1. The summed E-state index contributed by atoms with van der Waals surface area (Å²) in [6, 6.07) is 8.21. The smallest absolute Gasteiger partial charge is 0.412 e. The Kier molecular flexibility index (Phi) is 24.9. The zero-order valence-corrected chi connectivity index (χ0v) is 54.6. The molecule has 4 N–H and O–H groups in total. The number of benzene rings is 2. The van der Waals surface area contributed by atoms with Crippen LogP contribution in [0.25, 0.3) is 0 Å². The van der Waals surface area contributed by atoms with E-state index in [0.717, 1.165) is 51.1 Å². The van der Waals surface area contributed by atoms with Gasteiger partial charge in [-0.2, -0.15) is 0 Å². The molecule has 92 heavy (non-hydrogen) atoms. The number of hydrogen-bond donors (Lipinski definition) is 4. The Bertz CT molecular complexity index is 3220. The lowest BCUT2D eigenvalue weighted by Crippen LogP contribution is -2.63. The summed E-state index contributed by atoms with van der Waals surface area (Å²) in [6.07, 6.45) is 3.75. The standard InChI is InChI=1S/C65H84N6O20S/c1-37-14-12-16-53(84-11)65(82)33-52(89-61(79)68-65)42(6)57-64(7,91-57)54(32-50(73)40(4)46-30-44(28-37)31-51(83-10)41(46)5)90-59(77)39(3)38(2)49(72)21-27-92-63(81)70(9)25-24-69(8)62(80)87-34-43-17-18-48(67-60(78)88-45-15-13-26-85-36-86-35-45)47(29-43)58(76)66-22-23-71-55(74)19-20-56(71)75/h12-20,29-31,38-40,42,45,52-54,57,82H,21-28,32-36H2,1-11H3,(H,66,76)(H,67,78)(H,68,79)/b15-13+,16-12+,37-14+/t38?,39-,40?,42-,45?,52+,53?,54+,57+,64+,65?/m1/s1. The Morgan fingerprint density at radius 1 is 0.935 bits per heavy atom. The Morgan fingerprint density at radius 2 is 1.66 bits per heavy atom. The summed E-state index contributed by atoms with van der Waals surface area (Å²) >= 11 is 0.881. The van der Waals surface area contributed by atoms with Crippen molar-refractivity contribution in [2.24, 2.45) is 17.8 Å². The lowest BCUT2D eigenvalue weighted by atomic mass is 9.82. The fourth-order valence-corrected chi connectivity index (χ4v) is 11.9. The average Bonchev–Trinajstić information content (AvgIpc) is 1.56. The lowest BCUT2D eigenvalue weighted by Gasteiger charge is -2.42. The molecule has 4 heterocycles. The highest BCUT2D eigenvalue weighted by Crippen LogP contribution is 2.49. The third kappa shape index (κ3) is 18.4. The van der Waals surface area contributed by atoms with E-state index in [-0.39, 0.29) is 101 Å². The second kappa shape index (κ2) is 32.1. The lowest BCUT2D eigenvalue weighted by molar-refractivity contribution is -0.161. The zero-order valence-electron chi connectivity index (χ0n) is 53.8. The van der Waals surface area contributed by atoms with Crippen molar-refractivity contribution >= 4 is 76.2 Å². The van der Waals surface area contributed by atoms with Gasteiger partial charge in [0.15, 0.2) is 5.72 Å². The summed E-state index contributed by atoms with van der Waals surface area (Å²) in [4.78, 5) is 136. The summed E-state index contributed by atoms with van der Waals surface area (Å²) in [5, 5.41) is 19.2. The van der Waals surface area contributed by atoms with Gasteiger partial charge in [0, 0.05) is 102 Å². The predicted molar refractivity (Wildman–Crippen MR) is 334 cm³/mol. The number of Topliss-reactive ketones (excluding diaryl/α,β-unsaturated/α-hetero) is 2. The Hall–Kier alpha value is -7.95. The number of allylic oxidation sites excluding steroid dienone is 3. The second-order valence-electron chi connectivity index (χ2n) is 23.8. The minimum absolute atomic E-state index is 0.00621. The van der Waals surface area contributed by atoms with Crippen LogP contribution >= 0.6 is 11.8 Å². The van der Waals surface area contributed by atoms with E-state index in [9.17, 15) is 53.1 Å². The minimum Gasteiger partial charge on any atom is -0.496 e. The number of methoxy groups -OCH3 is 2. The quantitative estimate of drug-likeness (QED) is 0.0364. The van der Waals surface area contributed by atoms with E-state index in [0.29, 0.717) is 17.7 Å². The predicted octanol–water partition coefficient (Wildman–Crippen LogP) is 6.45. The largest absolute Gasteiger partial charge is 0.496 e. The number of carbonyl (C=O) groups excluding carboxylic acids is 10. The van der Waals surface area contributed by atoms with E-state index in [1.165, 1.54) is 49.2 Å². The summed E-state index contributed by atoms with van der Waals surface area (Å²) < 4.78 is 51.3. The first-order chi connectivity index (χ1) is 43.7. The first-order valence-corrected chi connectivity index (χ1v) is 31.3. The maximum Gasteiger partial charge on any atom is 0.412 e. The molecule has 4 bridgehead atoms. The van der Waals surface area contributed by atoms with Crippen molar-refractivity contribution in [3.05, 3.63) is 106 Å². The van der Waals surface area contributed by atoms with Crippen molar-refractivity contribution in [3.63, 3.8) is 0 Å². The molecule has 2 aromatic carbocycles. The number of epoxide rings is 1. The molecule has 4 aliphatic heterocycles. The van der Waals surface area contributed by atoms with Crippen LogP contribution in [0, 0.1) is 24.7 Å². The first kappa shape index (κ1) is 71.5. The normalized spacial score (nSPS) is 26.8. The number of thioether (sulfide) groups is 1. The zero-order chi connectivity index (χ0) is 67.2. The van der Waals surface area contributed by atoms with Crippen LogP contribution in [0.3, 0.4) is 0 Å². The number of carbonyl (C=O) groups is 10. The van der Waals surface area contributed by atoms with Crippen LogP contribution in [-0.2, 0) is 74.9 Å². The van der Waals surface area contributed by atoms with Gasteiger partial charge in [-0.25, -0.2) is 14.4 Å². The molecule has 26 nitrogen and oxygen atoms in total. The highest BCUT2D eigenvalue weighted by atomic mass is 32.2. The van der Waals surface area contributed by atoms with Gasteiger partial charge in [0.05, 0.1) is 43.6 Å². The number of nitrogens with zero attached hydrogens (tertiary/aromatic N) is 3. The first-order valence-electron chi connectivity index (χ1n) is 30.4. The van der Waals surface area contributed by atoms with Crippen LogP contribution in [0.4, 0.5) is 24.9 Å². The molecule has 0 spiro atoms. The molecule has 7 amide bonds. The van der Waals surface area contributed by atoms with Gasteiger partial charge >= 0.3 is 24.2 Å². The SMILES string of the molecule is COc1cc2cc(c1C)C(C)C(=O)C[C@H](OC(=O)[C@H](C)C(C)C(=O)CCSC(=O)N(C)CCN(C)C(=O)OCc1ccc(NC(=O)OC3/C=C/COCOC3)c(C(=O)NCCN3C(=O)C=CC3=O)c1)[C@]1(C)O[C@H]1[C@H](C)[C@@H]1CC(O)(NC(=O)O1)C(OC)/C=C/C=C(\C)C2. The monoisotopic (exact) mass is 1300 g/mol. The number of ether oxygens (including phenoxy) is 9. The number of amides is 7. The van der Waals surface area contributed by atoms with Gasteiger partial charge in [0.1, 0.15) is 60.7 Å². The number of imide groups is 1. The van der Waals surface area contributed by atoms with Crippen molar-refractivity contribution < 1.29 is 95.7 Å². The number of hydrogen-bond acceptors (Lipinski definition) is 21. The third-order valence-corrected chi connectivity index (χ3v) is 18.1. The maximum atomic E-state index is 14.6. The summed E-state index contributed by atoms with van der Waals surface area (Å²) in [6.45, 7) is 12.1. The van der Waals surface area contributed by atoms with Crippen LogP contribution in [-0.4, -0.2) is 201 Å². The molecule has 11 atom stereocenters. The third-order valence-electron chi connectivity index (χ3n) is 17.1. The van der Waals surface area contributed by atoms with E-state index < -0.39 is 113 Å². The maximum absolute atomic E-state index is 14.6. The molecule has 2 aromatic rings.